The van der Waals surface area contributed by atoms with E-state index in [9.17, 15) is 4.39 Å². The van der Waals surface area contributed by atoms with Crippen LogP contribution in [0.4, 0.5) is 4.39 Å². The van der Waals surface area contributed by atoms with Crippen LogP contribution in [0.25, 0.3) is 0 Å². The van der Waals surface area contributed by atoms with Gasteiger partial charge in [0.05, 0.1) is 0 Å². The molecule has 0 bridgehead atoms. The van der Waals surface area contributed by atoms with Crippen molar-refractivity contribution in [2.75, 3.05) is 13.1 Å². The van der Waals surface area contributed by atoms with Gasteiger partial charge in [0.2, 0.25) is 0 Å². The summed E-state index contributed by atoms with van der Waals surface area (Å²) >= 11 is 0. The zero-order chi connectivity index (χ0) is 10.3. The minimum Gasteiger partial charge on any atom is -0.487 e. The van der Waals surface area contributed by atoms with E-state index in [1.807, 2.05) is 0 Å². The van der Waals surface area contributed by atoms with Crippen molar-refractivity contribution in [1.82, 2.24) is 5.32 Å². The number of nitrogens with one attached hydrogen (secondary N) is 1. The molecule has 2 nitrogen and oxygen atoms in total. The summed E-state index contributed by atoms with van der Waals surface area (Å²) in [4.78, 5) is 0. The molecule has 0 amide bonds. The Morgan fingerprint density at radius 3 is 2.87 bits per heavy atom. The van der Waals surface area contributed by atoms with Crippen molar-refractivity contribution in [2.24, 2.45) is 0 Å². The zero-order valence-electron chi connectivity index (χ0n) is 8.55. The normalized spacial score (nSPS) is 22.5. The molecular weight excluding hydrogens is 193 g/mol. The topological polar surface area (TPSA) is 21.3 Å². The maximum Gasteiger partial charge on any atom is 0.123 e. The number of benzene rings is 1. The molecule has 0 saturated carbocycles. The third-order valence-electron chi connectivity index (χ3n) is 3.38. The van der Waals surface area contributed by atoms with E-state index in [2.05, 4.69) is 5.32 Å². The highest BCUT2D eigenvalue weighted by molar-refractivity contribution is 5.39. The molecule has 1 aromatic rings. The molecule has 0 atom stereocenters. The molecule has 0 aliphatic carbocycles. The summed E-state index contributed by atoms with van der Waals surface area (Å²) in [5, 5.41) is 3.32. The summed E-state index contributed by atoms with van der Waals surface area (Å²) < 4.78 is 19.0. The Balaban J connectivity index is 1.90. The lowest BCUT2D eigenvalue weighted by atomic mass is 9.88. The number of hydrogen-bond acceptors (Lipinski definition) is 2. The third-order valence-corrected chi connectivity index (χ3v) is 3.38. The van der Waals surface area contributed by atoms with Gasteiger partial charge >= 0.3 is 0 Å². The first kappa shape index (κ1) is 9.16. The van der Waals surface area contributed by atoms with Crippen molar-refractivity contribution in [1.29, 1.82) is 0 Å². The van der Waals surface area contributed by atoms with E-state index in [0.717, 1.165) is 43.7 Å². The summed E-state index contributed by atoms with van der Waals surface area (Å²) in [6.07, 6.45) is 2.90. The first-order valence-electron chi connectivity index (χ1n) is 5.46. The molecule has 1 fully saturated rings. The summed E-state index contributed by atoms with van der Waals surface area (Å²) in [5.74, 6) is 0.710. The molecule has 1 aromatic carbocycles. The Bertz CT molecular complexity index is 385. The summed E-state index contributed by atoms with van der Waals surface area (Å²) in [6.45, 7) is 1.99. The molecule has 3 rings (SSSR count). The van der Waals surface area contributed by atoms with E-state index in [1.54, 1.807) is 12.1 Å². The van der Waals surface area contributed by atoms with Crippen molar-refractivity contribution in [2.45, 2.75) is 24.9 Å². The lowest BCUT2D eigenvalue weighted by molar-refractivity contribution is 0.0600. The fourth-order valence-electron chi connectivity index (χ4n) is 2.56. The second kappa shape index (κ2) is 3.20. The number of hydrogen-bond donors (Lipinski definition) is 1. The molecule has 0 aromatic heterocycles. The van der Waals surface area contributed by atoms with E-state index >= 15 is 0 Å². The van der Waals surface area contributed by atoms with Gasteiger partial charge < -0.3 is 10.1 Å². The highest BCUT2D eigenvalue weighted by Crippen LogP contribution is 2.39. The number of rotatable bonds is 0. The number of ether oxygens (including phenoxy) is 1. The smallest absolute Gasteiger partial charge is 0.123 e. The zero-order valence-corrected chi connectivity index (χ0v) is 8.55. The van der Waals surface area contributed by atoms with Gasteiger partial charge in [0.15, 0.2) is 0 Å². The van der Waals surface area contributed by atoms with Crippen LogP contribution in [0.2, 0.25) is 0 Å². The largest absolute Gasteiger partial charge is 0.487 e. The fraction of sp³-hybridized carbons (Fsp3) is 0.500. The van der Waals surface area contributed by atoms with Crippen LogP contribution >= 0.6 is 0 Å². The molecule has 1 saturated heterocycles. The molecule has 3 heteroatoms. The standard InChI is InChI=1S/C12H14FNO/c13-10-1-2-11-9(7-10)8-12(15-11)3-5-14-6-4-12/h1-2,7,14H,3-6,8H2. The lowest BCUT2D eigenvalue weighted by Gasteiger charge is -2.33. The van der Waals surface area contributed by atoms with Crippen molar-refractivity contribution in [3.05, 3.63) is 29.6 Å². The van der Waals surface area contributed by atoms with Gasteiger partial charge in [-0.05, 0) is 44.1 Å². The molecular formula is C12H14FNO. The average Bonchev–Trinajstić information content (AvgIpc) is 2.56. The van der Waals surface area contributed by atoms with Crippen LogP contribution in [0.3, 0.4) is 0 Å². The van der Waals surface area contributed by atoms with Gasteiger partial charge in [-0.2, -0.15) is 0 Å². The maximum atomic E-state index is 13.0. The van der Waals surface area contributed by atoms with Crippen LogP contribution in [0.15, 0.2) is 18.2 Å². The molecule has 15 heavy (non-hydrogen) atoms. The van der Waals surface area contributed by atoms with Crippen molar-refractivity contribution >= 4 is 0 Å². The van der Waals surface area contributed by atoms with Gasteiger partial charge in [0.1, 0.15) is 17.2 Å². The van der Waals surface area contributed by atoms with E-state index in [-0.39, 0.29) is 11.4 Å². The van der Waals surface area contributed by atoms with Crippen LogP contribution < -0.4 is 10.1 Å². The monoisotopic (exact) mass is 207 g/mol. The van der Waals surface area contributed by atoms with E-state index in [0.29, 0.717) is 0 Å². The van der Waals surface area contributed by atoms with Crippen LogP contribution in [-0.4, -0.2) is 18.7 Å². The van der Waals surface area contributed by atoms with E-state index in [4.69, 9.17) is 4.74 Å². The lowest BCUT2D eigenvalue weighted by Crippen LogP contribution is -2.45. The van der Waals surface area contributed by atoms with Gasteiger partial charge in [-0.3, -0.25) is 0 Å². The second-order valence-corrected chi connectivity index (χ2v) is 4.46. The Labute approximate surface area is 88.4 Å². The minimum absolute atomic E-state index is 0.0542. The highest BCUT2D eigenvalue weighted by atomic mass is 19.1. The summed E-state index contributed by atoms with van der Waals surface area (Å²) in [7, 11) is 0. The Morgan fingerprint density at radius 1 is 1.27 bits per heavy atom. The minimum atomic E-state index is -0.164. The SMILES string of the molecule is Fc1ccc2c(c1)CC1(CCNCC1)O2. The third kappa shape index (κ3) is 1.51. The number of halogens is 1. The van der Waals surface area contributed by atoms with Crippen molar-refractivity contribution in [3.63, 3.8) is 0 Å². The van der Waals surface area contributed by atoms with Crippen LogP contribution in [-0.2, 0) is 6.42 Å². The molecule has 0 radical (unpaired) electrons. The Morgan fingerprint density at radius 2 is 2.07 bits per heavy atom. The van der Waals surface area contributed by atoms with Crippen LogP contribution in [0.1, 0.15) is 18.4 Å². The fourth-order valence-corrected chi connectivity index (χ4v) is 2.56. The van der Waals surface area contributed by atoms with Gasteiger partial charge in [-0.1, -0.05) is 0 Å². The number of fused-ring (bicyclic) bond motifs is 1. The quantitative estimate of drug-likeness (QED) is 0.701. The Hall–Kier alpha value is -1.09. The molecule has 0 unspecified atom stereocenters. The van der Waals surface area contributed by atoms with Gasteiger partial charge in [-0.25, -0.2) is 4.39 Å². The molecule has 2 heterocycles. The predicted octanol–water partition coefficient (Wildman–Crippen LogP) is 1.88. The highest BCUT2D eigenvalue weighted by Gasteiger charge is 2.40. The van der Waals surface area contributed by atoms with Gasteiger partial charge in [0.25, 0.3) is 0 Å². The molecule has 2 aliphatic rings. The maximum absolute atomic E-state index is 13.0. The van der Waals surface area contributed by atoms with Gasteiger partial charge in [-0.15, -0.1) is 0 Å². The first-order chi connectivity index (χ1) is 7.27. The van der Waals surface area contributed by atoms with Crippen molar-refractivity contribution < 1.29 is 9.13 Å². The molecule has 80 valence electrons. The second-order valence-electron chi connectivity index (χ2n) is 4.46. The predicted molar refractivity (Wildman–Crippen MR) is 55.6 cm³/mol. The van der Waals surface area contributed by atoms with E-state index < -0.39 is 0 Å². The van der Waals surface area contributed by atoms with Crippen molar-refractivity contribution in [3.8, 4) is 5.75 Å². The molecule has 1 spiro atoms. The van der Waals surface area contributed by atoms with Crippen LogP contribution in [0.5, 0.6) is 5.75 Å². The Kier molecular flexibility index (Phi) is 1.96. The molecule has 1 N–H and O–H groups in total. The summed E-state index contributed by atoms with van der Waals surface area (Å²) in [6, 6.07) is 4.83. The van der Waals surface area contributed by atoms with Gasteiger partial charge in [0, 0.05) is 12.0 Å². The summed E-state index contributed by atoms with van der Waals surface area (Å²) in [5.41, 5.74) is 0.971. The average molecular weight is 207 g/mol. The number of piperidine rings is 1. The molecule has 2 aliphatic heterocycles. The van der Waals surface area contributed by atoms with E-state index in [1.165, 1.54) is 6.07 Å². The first-order valence-corrected chi connectivity index (χ1v) is 5.46. The van der Waals surface area contributed by atoms with Crippen LogP contribution in [0, 0.1) is 5.82 Å².